The summed E-state index contributed by atoms with van der Waals surface area (Å²) in [6, 6.07) is 12.4. The number of nitrogens with one attached hydrogen (secondary N) is 1. The van der Waals surface area contributed by atoms with E-state index in [1.807, 2.05) is 12.1 Å². The Labute approximate surface area is 148 Å². The van der Waals surface area contributed by atoms with Crippen LogP contribution in [0.15, 0.2) is 48.7 Å². The maximum absolute atomic E-state index is 12.5. The predicted molar refractivity (Wildman–Crippen MR) is 91.0 cm³/mol. The molecule has 130 valence electrons. The Balaban J connectivity index is 1.43. The van der Waals surface area contributed by atoms with Crippen molar-refractivity contribution < 1.29 is 14.4 Å². The smallest absolute Gasteiger partial charge is 0.261 e. The number of nitrogens with zero attached hydrogens (tertiary/aromatic N) is 4. The standard InChI is InChI=1S/C18H15N5O3/c24-16(19-10-15-21-20-14-7-3-4-8-22(14)15)11-23-17(25)9-12-5-1-2-6-13(12)18(23)26/h1-8H,9-11H2,(H,19,24). The second-order valence-electron chi connectivity index (χ2n) is 5.94. The van der Waals surface area contributed by atoms with Crippen LogP contribution in [0.25, 0.3) is 5.65 Å². The van der Waals surface area contributed by atoms with Crippen LogP contribution in [-0.2, 0) is 22.6 Å². The molecule has 0 fully saturated rings. The molecule has 0 spiro atoms. The number of carbonyl (C=O) groups excluding carboxylic acids is 3. The van der Waals surface area contributed by atoms with Crippen LogP contribution < -0.4 is 5.32 Å². The van der Waals surface area contributed by atoms with Crippen LogP contribution in [0.4, 0.5) is 0 Å². The van der Waals surface area contributed by atoms with Gasteiger partial charge in [-0.25, -0.2) is 0 Å². The van der Waals surface area contributed by atoms with Crippen LogP contribution in [0.1, 0.15) is 21.7 Å². The van der Waals surface area contributed by atoms with Gasteiger partial charge in [0.05, 0.1) is 13.0 Å². The first-order valence-electron chi connectivity index (χ1n) is 8.11. The number of hydrogen-bond donors (Lipinski definition) is 1. The van der Waals surface area contributed by atoms with Crippen molar-refractivity contribution in [2.75, 3.05) is 6.54 Å². The average molecular weight is 349 g/mol. The minimum atomic E-state index is -0.445. The molecule has 8 heteroatoms. The number of benzene rings is 1. The van der Waals surface area contributed by atoms with Gasteiger partial charge in [0.2, 0.25) is 11.8 Å². The number of pyridine rings is 1. The molecule has 3 aromatic rings. The Kier molecular flexibility index (Phi) is 3.92. The minimum Gasteiger partial charge on any atom is -0.347 e. The molecule has 2 aromatic heterocycles. The zero-order valence-electron chi connectivity index (χ0n) is 13.8. The third-order valence-corrected chi connectivity index (χ3v) is 4.27. The summed E-state index contributed by atoms with van der Waals surface area (Å²) in [5.74, 6) is -0.689. The summed E-state index contributed by atoms with van der Waals surface area (Å²) < 4.78 is 1.76. The predicted octanol–water partition coefficient (Wildman–Crippen LogP) is 0.571. The zero-order valence-corrected chi connectivity index (χ0v) is 13.8. The molecular weight excluding hydrogens is 334 g/mol. The maximum Gasteiger partial charge on any atom is 0.261 e. The first kappa shape index (κ1) is 15.9. The summed E-state index contributed by atoms with van der Waals surface area (Å²) in [5.41, 5.74) is 1.83. The van der Waals surface area contributed by atoms with E-state index in [-0.39, 0.29) is 25.4 Å². The van der Waals surface area contributed by atoms with Crippen molar-refractivity contribution in [3.63, 3.8) is 0 Å². The summed E-state index contributed by atoms with van der Waals surface area (Å²) in [5, 5.41) is 10.7. The van der Waals surface area contributed by atoms with E-state index >= 15 is 0 Å². The highest BCUT2D eigenvalue weighted by atomic mass is 16.2. The number of aromatic nitrogens is 3. The van der Waals surface area contributed by atoms with Crippen LogP contribution in [0, 0.1) is 0 Å². The fraction of sp³-hybridized carbons (Fsp3) is 0.167. The van der Waals surface area contributed by atoms with Gasteiger partial charge in [-0.1, -0.05) is 24.3 Å². The summed E-state index contributed by atoms with van der Waals surface area (Å²) >= 11 is 0. The Bertz CT molecular complexity index is 1030. The van der Waals surface area contributed by atoms with Crippen LogP contribution in [0.5, 0.6) is 0 Å². The van der Waals surface area contributed by atoms with Gasteiger partial charge in [-0.05, 0) is 23.8 Å². The number of hydrogen-bond acceptors (Lipinski definition) is 5. The molecule has 8 nitrogen and oxygen atoms in total. The Hall–Kier alpha value is -3.55. The van der Waals surface area contributed by atoms with E-state index in [0.717, 1.165) is 4.90 Å². The fourth-order valence-corrected chi connectivity index (χ4v) is 2.95. The molecule has 0 aliphatic carbocycles. The molecule has 0 saturated heterocycles. The van der Waals surface area contributed by atoms with E-state index < -0.39 is 11.8 Å². The highest BCUT2D eigenvalue weighted by molar-refractivity contribution is 6.11. The molecule has 0 unspecified atom stereocenters. The lowest BCUT2D eigenvalue weighted by Crippen LogP contribution is -2.47. The molecular formula is C18H15N5O3. The van der Waals surface area contributed by atoms with E-state index in [0.29, 0.717) is 22.6 Å². The average Bonchev–Trinajstić information content (AvgIpc) is 3.07. The van der Waals surface area contributed by atoms with E-state index in [9.17, 15) is 14.4 Å². The second kappa shape index (κ2) is 6.40. The zero-order chi connectivity index (χ0) is 18.1. The quantitative estimate of drug-likeness (QED) is 0.695. The first-order valence-corrected chi connectivity index (χ1v) is 8.11. The van der Waals surface area contributed by atoms with Crippen molar-refractivity contribution in [2.45, 2.75) is 13.0 Å². The highest BCUT2D eigenvalue weighted by Crippen LogP contribution is 2.19. The largest absolute Gasteiger partial charge is 0.347 e. The van der Waals surface area contributed by atoms with Gasteiger partial charge in [0, 0.05) is 11.8 Å². The Morgan fingerprint density at radius 1 is 1.08 bits per heavy atom. The summed E-state index contributed by atoms with van der Waals surface area (Å²) in [6.07, 6.45) is 1.91. The molecule has 1 aliphatic rings. The molecule has 26 heavy (non-hydrogen) atoms. The summed E-state index contributed by atoms with van der Waals surface area (Å²) in [4.78, 5) is 37.9. The molecule has 1 aliphatic heterocycles. The topological polar surface area (TPSA) is 96.7 Å². The molecule has 1 N–H and O–H groups in total. The number of rotatable bonds is 4. The summed E-state index contributed by atoms with van der Waals surface area (Å²) in [6.45, 7) is -0.167. The lowest BCUT2D eigenvalue weighted by molar-refractivity contribution is -0.133. The molecule has 0 bridgehead atoms. The van der Waals surface area contributed by atoms with Gasteiger partial charge in [-0.15, -0.1) is 10.2 Å². The summed E-state index contributed by atoms with van der Waals surface area (Å²) in [7, 11) is 0. The first-order chi connectivity index (χ1) is 12.6. The van der Waals surface area contributed by atoms with Crippen molar-refractivity contribution in [2.24, 2.45) is 0 Å². The molecule has 0 saturated carbocycles. The molecule has 0 radical (unpaired) electrons. The van der Waals surface area contributed by atoms with Crippen molar-refractivity contribution in [3.05, 3.63) is 65.6 Å². The van der Waals surface area contributed by atoms with Crippen molar-refractivity contribution in [1.29, 1.82) is 0 Å². The minimum absolute atomic E-state index is 0.115. The van der Waals surface area contributed by atoms with Gasteiger partial charge in [-0.2, -0.15) is 0 Å². The normalized spacial score (nSPS) is 13.8. The van der Waals surface area contributed by atoms with Gasteiger partial charge in [0.1, 0.15) is 6.54 Å². The van der Waals surface area contributed by atoms with E-state index in [1.165, 1.54) is 0 Å². The lowest BCUT2D eigenvalue weighted by Gasteiger charge is -2.26. The number of carbonyl (C=O) groups is 3. The van der Waals surface area contributed by atoms with Crippen LogP contribution in [0.3, 0.4) is 0 Å². The fourth-order valence-electron chi connectivity index (χ4n) is 2.95. The number of fused-ring (bicyclic) bond motifs is 2. The lowest BCUT2D eigenvalue weighted by atomic mass is 9.98. The molecule has 3 amide bonds. The Morgan fingerprint density at radius 3 is 2.77 bits per heavy atom. The van der Waals surface area contributed by atoms with E-state index in [1.54, 1.807) is 40.9 Å². The molecule has 3 heterocycles. The SMILES string of the molecule is O=C(CN1C(=O)Cc2ccccc2C1=O)NCc1nnc2ccccn12. The van der Waals surface area contributed by atoms with Crippen LogP contribution >= 0.6 is 0 Å². The van der Waals surface area contributed by atoms with E-state index in [4.69, 9.17) is 0 Å². The van der Waals surface area contributed by atoms with Gasteiger partial charge in [-0.3, -0.25) is 23.7 Å². The highest BCUT2D eigenvalue weighted by Gasteiger charge is 2.31. The molecule has 4 rings (SSSR count). The third kappa shape index (κ3) is 2.81. The maximum atomic E-state index is 12.5. The van der Waals surface area contributed by atoms with Crippen molar-refractivity contribution in [1.82, 2.24) is 24.8 Å². The van der Waals surface area contributed by atoms with Gasteiger partial charge >= 0.3 is 0 Å². The molecule has 1 aromatic carbocycles. The monoisotopic (exact) mass is 349 g/mol. The van der Waals surface area contributed by atoms with Crippen LogP contribution in [-0.4, -0.2) is 43.8 Å². The van der Waals surface area contributed by atoms with Crippen LogP contribution in [0.2, 0.25) is 0 Å². The van der Waals surface area contributed by atoms with E-state index in [2.05, 4.69) is 15.5 Å². The number of imide groups is 1. The third-order valence-electron chi connectivity index (χ3n) is 4.27. The second-order valence-corrected chi connectivity index (χ2v) is 5.94. The number of amides is 3. The van der Waals surface area contributed by atoms with Crippen molar-refractivity contribution >= 4 is 23.4 Å². The van der Waals surface area contributed by atoms with Gasteiger partial charge in [0.25, 0.3) is 5.91 Å². The Morgan fingerprint density at radius 2 is 1.88 bits per heavy atom. The molecule has 0 atom stereocenters. The van der Waals surface area contributed by atoms with Gasteiger partial charge in [0.15, 0.2) is 11.5 Å². The van der Waals surface area contributed by atoms with Crippen molar-refractivity contribution in [3.8, 4) is 0 Å². The van der Waals surface area contributed by atoms with Gasteiger partial charge < -0.3 is 5.32 Å².